The van der Waals surface area contributed by atoms with Gasteiger partial charge in [0, 0.05) is 12.8 Å². The molecule has 2 aromatic rings. The van der Waals surface area contributed by atoms with Gasteiger partial charge in [-0.1, -0.05) is 24.3 Å². The maximum atomic E-state index is 13.8. The number of aromatic hydroxyl groups is 2. The van der Waals surface area contributed by atoms with Crippen molar-refractivity contribution in [2.75, 3.05) is 0 Å². The third kappa shape index (κ3) is 11.2. The Hall–Kier alpha value is -5.67. The summed E-state index contributed by atoms with van der Waals surface area (Å²) in [6, 6.07) is 3.54. The Kier molecular flexibility index (Phi) is 13.1. The minimum absolute atomic E-state index is 0.0191. The van der Waals surface area contributed by atoms with Crippen molar-refractivity contribution in [3.63, 3.8) is 0 Å². The fraction of sp³-hybridized carbons (Fsp3) is 0.424. The van der Waals surface area contributed by atoms with Gasteiger partial charge < -0.3 is 47.4 Å². The van der Waals surface area contributed by atoms with Gasteiger partial charge in [-0.05, 0) is 70.0 Å². The van der Waals surface area contributed by atoms with Crippen molar-refractivity contribution in [2.24, 2.45) is 0 Å². The van der Waals surface area contributed by atoms with E-state index in [0.717, 1.165) is 0 Å². The van der Waals surface area contributed by atoms with Crippen LogP contribution in [-0.2, 0) is 46.4 Å². The van der Waals surface area contributed by atoms with Crippen molar-refractivity contribution in [3.8, 4) is 11.5 Å². The highest BCUT2D eigenvalue weighted by atomic mass is 16.3. The van der Waals surface area contributed by atoms with Crippen LogP contribution in [0.2, 0.25) is 0 Å². The molecule has 7 atom stereocenters. The Morgan fingerprint density at radius 3 is 0.918 bits per heavy atom. The maximum absolute atomic E-state index is 13.8. The molecule has 9 N–H and O–H groups in total. The van der Waals surface area contributed by atoms with E-state index in [0.29, 0.717) is 11.1 Å². The van der Waals surface area contributed by atoms with E-state index in [2.05, 4.69) is 37.2 Å². The Morgan fingerprint density at radius 2 is 0.612 bits per heavy atom. The zero-order valence-corrected chi connectivity index (χ0v) is 27.8. The summed E-state index contributed by atoms with van der Waals surface area (Å²) in [6.07, 6.45) is -0.151. The molecule has 49 heavy (non-hydrogen) atoms. The molecule has 16 heteroatoms. The highest BCUT2D eigenvalue weighted by Gasteiger charge is 2.32. The fourth-order valence-electron chi connectivity index (χ4n) is 4.72. The fourth-order valence-corrected chi connectivity index (χ4v) is 4.72. The lowest BCUT2D eigenvalue weighted by molar-refractivity contribution is -0.134. The summed E-state index contributed by atoms with van der Waals surface area (Å²) in [5, 5.41) is 37.1. The number of hydrogen-bond donors (Lipinski definition) is 9. The summed E-state index contributed by atoms with van der Waals surface area (Å²) in [5.74, 6) is -5.20. The second-order valence-electron chi connectivity index (χ2n) is 12.0. The van der Waals surface area contributed by atoms with Crippen molar-refractivity contribution in [2.45, 2.75) is 89.8 Å². The molecule has 0 bridgehead atoms. The van der Waals surface area contributed by atoms with E-state index in [1.807, 2.05) is 0 Å². The zero-order valence-electron chi connectivity index (χ0n) is 27.8. The third-order valence-corrected chi connectivity index (χ3v) is 7.78. The van der Waals surface area contributed by atoms with E-state index < -0.39 is 83.6 Å². The van der Waals surface area contributed by atoms with Crippen LogP contribution < -0.4 is 37.2 Å². The summed E-state index contributed by atoms with van der Waals surface area (Å²) in [5.41, 5.74) is 1.10. The van der Waals surface area contributed by atoms with Crippen LogP contribution in [-0.4, -0.2) is 93.9 Å². The summed E-state index contributed by atoms with van der Waals surface area (Å²) < 4.78 is 0. The molecule has 7 amide bonds. The van der Waals surface area contributed by atoms with Gasteiger partial charge in [-0.3, -0.25) is 33.6 Å². The quantitative estimate of drug-likeness (QED) is 0.180. The number of nitrogens with one attached hydrogen (secondary N) is 7. The van der Waals surface area contributed by atoms with Crippen LogP contribution in [0.4, 0.5) is 0 Å². The number of phenols is 2. The summed E-state index contributed by atoms with van der Waals surface area (Å²) in [7, 11) is 0. The molecule has 0 saturated carbocycles. The number of carbonyl (C=O) groups excluding carboxylic acids is 7. The van der Waals surface area contributed by atoms with Gasteiger partial charge in [0.15, 0.2) is 0 Å². The number of benzene rings is 2. The zero-order chi connectivity index (χ0) is 36.4. The predicted octanol–water partition coefficient (Wildman–Crippen LogP) is -1.61. The second-order valence-corrected chi connectivity index (χ2v) is 12.0. The van der Waals surface area contributed by atoms with Gasteiger partial charge in [0.05, 0.1) is 0 Å². The van der Waals surface area contributed by atoms with Gasteiger partial charge in [0.25, 0.3) is 0 Å². The lowest BCUT2D eigenvalue weighted by atomic mass is 10.0. The first-order valence-corrected chi connectivity index (χ1v) is 15.7. The van der Waals surface area contributed by atoms with Crippen molar-refractivity contribution in [3.05, 3.63) is 59.7 Å². The maximum Gasteiger partial charge on any atom is 0.243 e. The molecule has 1 heterocycles. The molecule has 1 aliphatic rings. The first kappa shape index (κ1) is 37.8. The standard InChI is InChI=1S/C33H43N7O9/c1-16-27(43)35-18(3)29(45)37-20(5)31(47)39-26(15-22-8-12-24(42)13-9-22)33(49)40-25(14-21-6-10-23(41)11-7-21)32(48)38-19(4)30(46)36-17(2)28(44)34-16/h6-13,16-20,25-26,41-42H,14-15H2,1-5H3,(H,34,44)(H,35,43)(H,36,46)(H,37,45)(H,38,48)(H,39,47)(H,40,49)/t16-,17-,18-,19+,20-,25-,26-/m0/s1. The average molecular weight is 682 g/mol. The lowest BCUT2D eigenvalue weighted by Crippen LogP contribution is -2.59. The Bertz CT molecular complexity index is 1500. The van der Waals surface area contributed by atoms with E-state index in [1.54, 1.807) is 24.3 Å². The van der Waals surface area contributed by atoms with Crippen molar-refractivity contribution in [1.82, 2.24) is 37.2 Å². The molecule has 3 rings (SSSR count). The summed E-state index contributed by atoms with van der Waals surface area (Å²) in [4.78, 5) is 91.9. The van der Waals surface area contributed by atoms with Crippen LogP contribution in [0.1, 0.15) is 45.7 Å². The van der Waals surface area contributed by atoms with Crippen LogP contribution in [0.5, 0.6) is 11.5 Å². The first-order valence-electron chi connectivity index (χ1n) is 15.7. The third-order valence-electron chi connectivity index (χ3n) is 7.78. The summed E-state index contributed by atoms with van der Waals surface area (Å²) >= 11 is 0. The molecule has 0 aromatic heterocycles. The smallest absolute Gasteiger partial charge is 0.243 e. The topological polar surface area (TPSA) is 244 Å². The first-order chi connectivity index (χ1) is 23.0. The molecule has 0 aliphatic carbocycles. The average Bonchev–Trinajstić information content (AvgIpc) is 3.05. The summed E-state index contributed by atoms with van der Waals surface area (Å²) in [6.45, 7) is 6.90. The van der Waals surface area contributed by atoms with Crippen LogP contribution in [0.15, 0.2) is 48.5 Å². The van der Waals surface area contributed by atoms with E-state index in [9.17, 15) is 43.8 Å². The molecule has 0 spiro atoms. The molecule has 1 fully saturated rings. The van der Waals surface area contributed by atoms with Gasteiger partial charge in [0.2, 0.25) is 41.4 Å². The van der Waals surface area contributed by atoms with Gasteiger partial charge in [-0.2, -0.15) is 0 Å². The molecule has 264 valence electrons. The minimum atomic E-state index is -1.28. The SMILES string of the molecule is C[C@@H]1NC(=O)[C@H](C)NC(=O)[C@H](C)NC(=O)[C@@H](C)NC(=O)[C@H](Cc2ccc(O)cc2)NC(=O)[C@H](Cc2ccc(O)cc2)NC(=O)[C@H](C)NC1=O. The monoisotopic (exact) mass is 681 g/mol. The molecular weight excluding hydrogens is 638 g/mol. The van der Waals surface area contributed by atoms with Crippen molar-refractivity contribution >= 4 is 41.4 Å². The van der Waals surface area contributed by atoms with E-state index in [4.69, 9.17) is 0 Å². The van der Waals surface area contributed by atoms with Gasteiger partial charge >= 0.3 is 0 Å². The van der Waals surface area contributed by atoms with Crippen LogP contribution in [0, 0.1) is 0 Å². The number of phenolic OH excluding ortho intramolecular Hbond substituents is 2. The Balaban J connectivity index is 1.98. The highest BCUT2D eigenvalue weighted by Crippen LogP contribution is 2.14. The van der Waals surface area contributed by atoms with E-state index in [1.165, 1.54) is 58.9 Å². The highest BCUT2D eigenvalue weighted by molar-refractivity contribution is 5.98. The van der Waals surface area contributed by atoms with Gasteiger partial charge in [0.1, 0.15) is 53.8 Å². The number of rotatable bonds is 4. The van der Waals surface area contributed by atoms with Crippen molar-refractivity contribution in [1.29, 1.82) is 0 Å². The van der Waals surface area contributed by atoms with E-state index in [-0.39, 0.29) is 24.3 Å². The van der Waals surface area contributed by atoms with Crippen LogP contribution in [0.25, 0.3) is 0 Å². The second kappa shape index (κ2) is 16.9. The Morgan fingerprint density at radius 1 is 0.388 bits per heavy atom. The van der Waals surface area contributed by atoms with Gasteiger partial charge in [-0.25, -0.2) is 0 Å². The van der Waals surface area contributed by atoms with Gasteiger partial charge in [-0.15, -0.1) is 0 Å². The van der Waals surface area contributed by atoms with Crippen LogP contribution >= 0.6 is 0 Å². The Labute approximate surface area is 283 Å². The molecule has 0 radical (unpaired) electrons. The van der Waals surface area contributed by atoms with Crippen molar-refractivity contribution < 1.29 is 43.8 Å². The van der Waals surface area contributed by atoms with E-state index >= 15 is 0 Å². The normalized spacial score (nSPS) is 26.8. The number of hydrogen-bond acceptors (Lipinski definition) is 9. The number of carbonyl (C=O) groups is 7. The predicted molar refractivity (Wildman–Crippen MR) is 176 cm³/mol. The minimum Gasteiger partial charge on any atom is -0.508 e. The molecule has 16 nitrogen and oxygen atoms in total. The molecule has 0 unspecified atom stereocenters. The lowest BCUT2D eigenvalue weighted by Gasteiger charge is -2.26. The molecule has 1 aliphatic heterocycles. The van der Waals surface area contributed by atoms with Crippen LogP contribution in [0.3, 0.4) is 0 Å². The molecular formula is C33H43N7O9. The largest absolute Gasteiger partial charge is 0.508 e. The molecule has 2 aromatic carbocycles. The molecule has 1 saturated heterocycles. The number of amides is 7.